The number of hydrogen-bond donors (Lipinski definition) is 6. The molecule has 0 aromatic rings. The van der Waals surface area contributed by atoms with Crippen molar-refractivity contribution in [3.05, 3.63) is 12.4 Å². The van der Waals surface area contributed by atoms with Crippen LogP contribution < -0.4 is 21.7 Å². The first-order chi connectivity index (χ1) is 7.77. The fraction of sp³-hybridized carbons (Fsp3) is 0.333. The molecule has 2 aliphatic rings. The summed E-state index contributed by atoms with van der Waals surface area (Å²) in [7, 11) is -4.67. The van der Waals surface area contributed by atoms with Crippen LogP contribution in [-0.2, 0) is 15.2 Å². The largest absolute Gasteiger partial charge is 0.394 e. The van der Waals surface area contributed by atoms with Crippen LogP contribution in [0.2, 0.25) is 0 Å². The van der Waals surface area contributed by atoms with E-state index in [0.29, 0.717) is 5.84 Å². The van der Waals surface area contributed by atoms with Crippen LogP contribution in [0.4, 0.5) is 0 Å². The van der Waals surface area contributed by atoms with Crippen molar-refractivity contribution in [3.63, 3.8) is 0 Å². The molecular weight excluding hydrogens is 254 g/mol. The Morgan fingerprint density at radius 3 is 2.53 bits per heavy atom. The molecule has 0 fully saturated rings. The number of rotatable bonds is 0. The normalized spacial score (nSPS) is 26.3. The zero-order valence-corrected chi connectivity index (χ0v) is 9.18. The summed E-state index contributed by atoms with van der Waals surface area (Å²) in [5.41, 5.74) is 5.42. The van der Waals surface area contributed by atoms with Gasteiger partial charge in [0.25, 0.3) is 5.91 Å². The van der Waals surface area contributed by atoms with E-state index in [1.807, 2.05) is 0 Å². The highest BCUT2D eigenvalue weighted by Gasteiger charge is 2.30. The molecule has 0 spiro atoms. The van der Waals surface area contributed by atoms with Crippen molar-refractivity contribution < 1.29 is 22.3 Å². The second kappa shape index (κ2) is 5.09. The lowest BCUT2D eigenvalue weighted by molar-refractivity contribution is -0.122. The summed E-state index contributed by atoms with van der Waals surface area (Å²) in [6.07, 6.45) is 2.69. The van der Waals surface area contributed by atoms with E-state index in [0.717, 1.165) is 0 Å². The number of amides is 1. The average Bonchev–Trinajstić information content (AvgIpc) is 2.14. The second-order valence-corrected chi connectivity index (χ2v) is 3.89. The Kier molecular flexibility index (Phi) is 4.01. The molecule has 0 aliphatic carbocycles. The summed E-state index contributed by atoms with van der Waals surface area (Å²) >= 11 is 0. The molecule has 0 saturated heterocycles. The predicted octanol–water partition coefficient (Wildman–Crippen LogP) is -2.86. The number of nitrogens with one attached hydrogen (secondary N) is 3. The van der Waals surface area contributed by atoms with Crippen LogP contribution >= 0.6 is 0 Å². The minimum atomic E-state index is -4.67. The van der Waals surface area contributed by atoms with Crippen molar-refractivity contribution in [3.8, 4) is 0 Å². The van der Waals surface area contributed by atoms with Crippen LogP contribution in [0, 0.1) is 0 Å². The van der Waals surface area contributed by atoms with Crippen LogP contribution in [0.1, 0.15) is 0 Å². The molecule has 0 bridgehead atoms. The molecule has 10 nitrogen and oxygen atoms in total. The van der Waals surface area contributed by atoms with Crippen LogP contribution in [-0.4, -0.2) is 41.6 Å². The summed E-state index contributed by atoms with van der Waals surface area (Å²) in [4.78, 5) is 15.2. The third-order valence-electron chi connectivity index (χ3n) is 1.68. The summed E-state index contributed by atoms with van der Waals surface area (Å²) in [5.74, 6) is 0.401. The minimum absolute atomic E-state index is 0.163. The molecule has 0 radical (unpaired) electrons. The van der Waals surface area contributed by atoms with Crippen molar-refractivity contribution in [2.45, 2.75) is 12.3 Å². The van der Waals surface area contributed by atoms with Gasteiger partial charge in [-0.3, -0.25) is 19.6 Å². The number of carbonyl (C=O) groups is 1. The standard InChI is InChI=1S/C6H9N5O.H2O4S/c7-6-10-4-3(5(12)11-6)8-1-2-9-4;1-5(2,3)4/h1-3,6,8H,7H2,(H,9,10)(H,11,12);(H2,1,2,3,4). The van der Waals surface area contributed by atoms with Gasteiger partial charge in [-0.05, 0) is 0 Å². The molecule has 2 atom stereocenters. The Bertz CT molecular complexity index is 449. The number of hydrogen-bond acceptors (Lipinski definition) is 7. The molecule has 11 heteroatoms. The lowest BCUT2D eigenvalue weighted by atomic mass is 10.2. The van der Waals surface area contributed by atoms with Crippen LogP contribution in [0.15, 0.2) is 17.4 Å². The maximum absolute atomic E-state index is 11.2. The van der Waals surface area contributed by atoms with Gasteiger partial charge >= 0.3 is 10.4 Å². The van der Waals surface area contributed by atoms with E-state index in [9.17, 15) is 4.79 Å². The Morgan fingerprint density at radius 1 is 1.35 bits per heavy atom. The van der Waals surface area contributed by atoms with Gasteiger partial charge in [-0.25, -0.2) is 4.99 Å². The van der Waals surface area contributed by atoms with Gasteiger partial charge in [0.05, 0.1) is 0 Å². The first kappa shape index (κ1) is 13.4. The maximum atomic E-state index is 11.2. The smallest absolute Gasteiger partial charge is 0.372 e. The highest BCUT2D eigenvalue weighted by molar-refractivity contribution is 7.79. The zero-order chi connectivity index (χ0) is 13.1. The first-order valence-electron chi connectivity index (χ1n) is 4.28. The number of carbonyl (C=O) groups excluding carboxylic acids is 1. The van der Waals surface area contributed by atoms with Crippen molar-refractivity contribution in [2.24, 2.45) is 10.7 Å². The molecule has 96 valence electrons. The van der Waals surface area contributed by atoms with E-state index in [-0.39, 0.29) is 5.91 Å². The average molecular weight is 265 g/mol. The monoisotopic (exact) mass is 265 g/mol. The fourth-order valence-corrected chi connectivity index (χ4v) is 1.16. The van der Waals surface area contributed by atoms with Gasteiger partial charge in [0, 0.05) is 12.4 Å². The van der Waals surface area contributed by atoms with Gasteiger partial charge in [0.15, 0.2) is 12.3 Å². The van der Waals surface area contributed by atoms with E-state index < -0.39 is 22.7 Å². The van der Waals surface area contributed by atoms with Crippen molar-refractivity contribution >= 4 is 22.1 Å². The van der Waals surface area contributed by atoms with Crippen molar-refractivity contribution in [2.75, 3.05) is 0 Å². The minimum Gasteiger partial charge on any atom is -0.372 e. The quantitative estimate of drug-likeness (QED) is 0.254. The van der Waals surface area contributed by atoms with Gasteiger partial charge in [0.2, 0.25) is 0 Å². The van der Waals surface area contributed by atoms with Crippen molar-refractivity contribution in [1.29, 1.82) is 0 Å². The van der Waals surface area contributed by atoms with Crippen LogP contribution in [0.3, 0.4) is 0 Å². The van der Waals surface area contributed by atoms with Gasteiger partial charge in [-0.1, -0.05) is 0 Å². The molecule has 7 N–H and O–H groups in total. The Hall–Kier alpha value is -1.69. The molecule has 0 saturated carbocycles. The van der Waals surface area contributed by atoms with E-state index in [1.54, 1.807) is 12.4 Å². The lowest BCUT2D eigenvalue weighted by Crippen LogP contribution is -2.61. The molecular formula is C6H11N5O5S. The molecule has 0 aromatic heterocycles. The Balaban J connectivity index is 0.000000249. The van der Waals surface area contributed by atoms with E-state index in [1.165, 1.54) is 0 Å². The number of aliphatic imine (C=N–C) groups is 1. The topological polar surface area (TPSA) is 166 Å². The van der Waals surface area contributed by atoms with E-state index in [2.05, 4.69) is 20.9 Å². The summed E-state index contributed by atoms with van der Waals surface area (Å²) < 4.78 is 31.6. The van der Waals surface area contributed by atoms with Gasteiger partial charge in [-0.15, -0.1) is 0 Å². The number of amidine groups is 1. The van der Waals surface area contributed by atoms with Gasteiger partial charge in [-0.2, -0.15) is 8.42 Å². The van der Waals surface area contributed by atoms with Crippen LogP contribution in [0.25, 0.3) is 0 Å². The number of nitrogens with two attached hydrogens (primary N) is 1. The summed E-state index contributed by atoms with van der Waals surface area (Å²) in [6, 6.07) is -0.421. The third-order valence-corrected chi connectivity index (χ3v) is 1.68. The first-order valence-corrected chi connectivity index (χ1v) is 5.68. The van der Waals surface area contributed by atoms with Crippen LogP contribution in [0.5, 0.6) is 0 Å². The molecule has 0 aromatic carbocycles. The predicted molar refractivity (Wildman–Crippen MR) is 56.9 cm³/mol. The molecule has 2 aliphatic heterocycles. The molecule has 2 rings (SSSR count). The SMILES string of the molecule is NC1N=C2NC=CNC2C(=O)N1.O=S(=O)(O)O. The molecule has 1 amide bonds. The van der Waals surface area contributed by atoms with E-state index >= 15 is 0 Å². The van der Waals surface area contributed by atoms with Gasteiger partial charge < -0.3 is 16.0 Å². The highest BCUT2D eigenvalue weighted by Crippen LogP contribution is 1.99. The lowest BCUT2D eigenvalue weighted by Gasteiger charge is -2.28. The molecule has 2 unspecified atom stereocenters. The number of nitrogens with zero attached hydrogens (tertiary/aromatic N) is 1. The molecule has 17 heavy (non-hydrogen) atoms. The van der Waals surface area contributed by atoms with Crippen molar-refractivity contribution in [1.82, 2.24) is 16.0 Å². The molecule has 2 heterocycles. The Morgan fingerprint density at radius 2 is 1.94 bits per heavy atom. The number of fused-ring (bicyclic) bond motifs is 1. The third kappa shape index (κ3) is 4.78. The highest BCUT2D eigenvalue weighted by atomic mass is 32.3. The second-order valence-electron chi connectivity index (χ2n) is 2.99. The fourth-order valence-electron chi connectivity index (χ4n) is 1.16. The maximum Gasteiger partial charge on any atom is 0.394 e. The zero-order valence-electron chi connectivity index (χ0n) is 8.36. The summed E-state index contributed by atoms with van der Waals surface area (Å²) in [5, 5.41) is 8.19. The summed E-state index contributed by atoms with van der Waals surface area (Å²) in [6.45, 7) is 0. The van der Waals surface area contributed by atoms with E-state index in [4.69, 9.17) is 23.3 Å². The van der Waals surface area contributed by atoms with Gasteiger partial charge in [0.1, 0.15) is 5.84 Å². The Labute approximate surface area is 96.5 Å².